The van der Waals surface area contributed by atoms with Gasteiger partial charge >= 0.3 is 0 Å². The molecule has 0 atom stereocenters. The zero-order chi connectivity index (χ0) is 13.1. The maximum atomic E-state index is 11.8. The largest absolute Gasteiger partial charge is 0.313 e. The summed E-state index contributed by atoms with van der Waals surface area (Å²) in [6.07, 6.45) is 2.96. The fourth-order valence-corrected chi connectivity index (χ4v) is 2.10. The van der Waals surface area contributed by atoms with Gasteiger partial charge in [-0.1, -0.05) is 42.6 Å². The van der Waals surface area contributed by atoms with Crippen molar-refractivity contribution < 1.29 is 0 Å². The number of benzene rings is 1. The molecule has 3 nitrogen and oxygen atoms in total. The minimum absolute atomic E-state index is 0.104. The highest BCUT2D eigenvalue weighted by Gasteiger charge is 2.11. The average Bonchev–Trinajstić information content (AvgIpc) is 2.35. The monoisotopic (exact) mass is 282 g/mol. The summed E-state index contributed by atoms with van der Waals surface area (Å²) in [5.74, 6) is 0. The van der Waals surface area contributed by atoms with Gasteiger partial charge < -0.3 is 4.98 Å². The Morgan fingerprint density at radius 3 is 2.72 bits per heavy atom. The van der Waals surface area contributed by atoms with Crippen molar-refractivity contribution in [3.63, 3.8) is 0 Å². The molecule has 2 aromatic rings. The van der Waals surface area contributed by atoms with Crippen LogP contribution in [0.5, 0.6) is 0 Å². The zero-order valence-electron chi connectivity index (χ0n) is 9.84. The van der Waals surface area contributed by atoms with Crippen molar-refractivity contribution in [3.8, 4) is 11.3 Å². The van der Waals surface area contributed by atoms with Crippen LogP contribution < -0.4 is 5.56 Å². The number of rotatable bonds is 3. The minimum Gasteiger partial charge on any atom is -0.313 e. The number of nitrogens with zero attached hydrogens (tertiary/aromatic N) is 1. The second-order valence-electron chi connectivity index (χ2n) is 3.94. The van der Waals surface area contributed by atoms with Gasteiger partial charge in [-0.25, -0.2) is 4.98 Å². The highest BCUT2D eigenvalue weighted by molar-refractivity contribution is 6.42. The quantitative estimate of drug-likeness (QED) is 0.933. The molecule has 18 heavy (non-hydrogen) atoms. The number of aromatic nitrogens is 2. The normalized spacial score (nSPS) is 10.6. The lowest BCUT2D eigenvalue weighted by molar-refractivity contribution is 0.888. The van der Waals surface area contributed by atoms with Crippen LogP contribution in [-0.4, -0.2) is 9.97 Å². The smallest absolute Gasteiger partial charge is 0.254 e. The van der Waals surface area contributed by atoms with Crippen LogP contribution in [0, 0.1) is 0 Å². The van der Waals surface area contributed by atoms with Gasteiger partial charge in [0.2, 0.25) is 0 Å². The summed E-state index contributed by atoms with van der Waals surface area (Å²) < 4.78 is 0. The molecule has 94 valence electrons. The summed E-state index contributed by atoms with van der Waals surface area (Å²) in [4.78, 5) is 18.6. The van der Waals surface area contributed by atoms with Crippen LogP contribution in [0.4, 0.5) is 0 Å². The molecule has 0 aliphatic heterocycles. The molecule has 1 N–H and O–H groups in total. The van der Waals surface area contributed by atoms with Crippen molar-refractivity contribution in [1.82, 2.24) is 9.97 Å². The number of nitrogens with one attached hydrogen (secondary N) is 1. The van der Waals surface area contributed by atoms with Crippen LogP contribution in [-0.2, 0) is 6.42 Å². The summed E-state index contributed by atoms with van der Waals surface area (Å²) in [7, 11) is 0. The van der Waals surface area contributed by atoms with E-state index in [4.69, 9.17) is 23.2 Å². The Kier molecular flexibility index (Phi) is 4.04. The van der Waals surface area contributed by atoms with Gasteiger partial charge in [-0.15, -0.1) is 0 Å². The summed E-state index contributed by atoms with van der Waals surface area (Å²) >= 11 is 11.9. The fraction of sp³-hybridized carbons (Fsp3) is 0.231. The maximum absolute atomic E-state index is 11.8. The van der Waals surface area contributed by atoms with Crippen LogP contribution in [0.1, 0.15) is 18.9 Å². The molecule has 0 aliphatic carbocycles. The van der Waals surface area contributed by atoms with E-state index in [1.54, 1.807) is 12.1 Å². The van der Waals surface area contributed by atoms with Crippen molar-refractivity contribution in [2.75, 3.05) is 0 Å². The van der Waals surface area contributed by atoms with E-state index in [0.717, 1.165) is 12.0 Å². The molecule has 0 aliphatic rings. The van der Waals surface area contributed by atoms with Crippen LogP contribution in [0.2, 0.25) is 10.0 Å². The average molecular weight is 283 g/mol. The van der Waals surface area contributed by atoms with Crippen LogP contribution in [0.15, 0.2) is 29.3 Å². The number of H-pyrrole nitrogens is 1. The maximum Gasteiger partial charge on any atom is 0.254 e. The molecule has 0 saturated carbocycles. The first-order chi connectivity index (χ1) is 8.63. The SMILES string of the molecule is CCCc1c(-c2ccc(Cl)c(Cl)c2)nc[nH]c1=O. The van der Waals surface area contributed by atoms with E-state index in [0.29, 0.717) is 27.7 Å². The molecule has 0 radical (unpaired) electrons. The molecule has 0 spiro atoms. The second kappa shape index (κ2) is 5.55. The van der Waals surface area contributed by atoms with Crippen molar-refractivity contribution in [3.05, 3.63) is 50.5 Å². The second-order valence-corrected chi connectivity index (χ2v) is 4.75. The lowest BCUT2D eigenvalue weighted by atomic mass is 10.0. The third-order valence-corrected chi connectivity index (χ3v) is 3.38. The van der Waals surface area contributed by atoms with E-state index in [1.165, 1.54) is 6.33 Å². The van der Waals surface area contributed by atoms with Gasteiger partial charge in [-0.2, -0.15) is 0 Å². The van der Waals surface area contributed by atoms with Gasteiger partial charge in [0, 0.05) is 11.1 Å². The molecule has 2 rings (SSSR count). The standard InChI is InChI=1S/C13H12Cl2N2O/c1-2-3-9-12(16-7-17-13(9)18)8-4-5-10(14)11(15)6-8/h4-7H,2-3H2,1H3,(H,16,17,18). The third kappa shape index (κ3) is 2.57. The number of halogens is 2. The van der Waals surface area contributed by atoms with Gasteiger partial charge in [-0.05, 0) is 18.6 Å². The Hall–Kier alpha value is -1.32. The van der Waals surface area contributed by atoms with Crippen molar-refractivity contribution >= 4 is 23.2 Å². The Morgan fingerprint density at radius 1 is 1.28 bits per heavy atom. The van der Waals surface area contributed by atoms with Crippen LogP contribution in [0.3, 0.4) is 0 Å². The molecule has 0 unspecified atom stereocenters. The third-order valence-electron chi connectivity index (χ3n) is 2.64. The predicted molar refractivity (Wildman–Crippen MR) is 74.3 cm³/mol. The predicted octanol–water partition coefficient (Wildman–Crippen LogP) is 3.70. The highest BCUT2D eigenvalue weighted by atomic mass is 35.5. The van der Waals surface area contributed by atoms with Gasteiger partial charge in [-0.3, -0.25) is 4.79 Å². The first-order valence-corrected chi connectivity index (χ1v) is 6.41. The number of hydrogen-bond acceptors (Lipinski definition) is 2. The summed E-state index contributed by atoms with van der Waals surface area (Å²) in [6.45, 7) is 2.02. The molecule has 0 amide bonds. The van der Waals surface area contributed by atoms with Gasteiger partial charge in [0.15, 0.2) is 0 Å². The molecule has 0 bridgehead atoms. The summed E-state index contributed by atoms with van der Waals surface area (Å²) in [6, 6.07) is 5.25. The number of aromatic amines is 1. The first-order valence-electron chi connectivity index (χ1n) is 5.65. The number of hydrogen-bond donors (Lipinski definition) is 1. The Balaban J connectivity index is 2.59. The lowest BCUT2D eigenvalue weighted by Crippen LogP contribution is -2.14. The molecular weight excluding hydrogens is 271 g/mol. The first kappa shape index (κ1) is 13.1. The molecular formula is C13H12Cl2N2O. The van der Waals surface area contributed by atoms with Gasteiger partial charge in [0.25, 0.3) is 5.56 Å². The van der Waals surface area contributed by atoms with Crippen LogP contribution in [0.25, 0.3) is 11.3 Å². The molecule has 0 fully saturated rings. The Labute approximate surface area is 115 Å². The fourth-order valence-electron chi connectivity index (χ4n) is 1.80. The van der Waals surface area contributed by atoms with E-state index in [2.05, 4.69) is 9.97 Å². The molecule has 1 heterocycles. The van der Waals surface area contributed by atoms with Crippen LogP contribution >= 0.6 is 23.2 Å². The molecule has 1 aromatic carbocycles. The topological polar surface area (TPSA) is 45.8 Å². The Morgan fingerprint density at radius 2 is 2.06 bits per heavy atom. The highest BCUT2D eigenvalue weighted by Crippen LogP contribution is 2.28. The lowest BCUT2D eigenvalue weighted by Gasteiger charge is -2.07. The van der Waals surface area contributed by atoms with E-state index in [9.17, 15) is 4.79 Å². The van der Waals surface area contributed by atoms with E-state index in [1.807, 2.05) is 13.0 Å². The summed E-state index contributed by atoms with van der Waals surface area (Å²) in [5, 5.41) is 0.945. The molecule has 0 saturated heterocycles. The van der Waals surface area contributed by atoms with Gasteiger partial charge in [0.1, 0.15) is 0 Å². The van der Waals surface area contributed by atoms with E-state index >= 15 is 0 Å². The zero-order valence-corrected chi connectivity index (χ0v) is 11.3. The Bertz CT molecular complexity index is 623. The van der Waals surface area contributed by atoms with Crippen molar-refractivity contribution in [2.45, 2.75) is 19.8 Å². The summed E-state index contributed by atoms with van der Waals surface area (Å²) in [5.41, 5.74) is 2.05. The van der Waals surface area contributed by atoms with E-state index < -0.39 is 0 Å². The molecule has 5 heteroatoms. The molecule has 1 aromatic heterocycles. The van der Waals surface area contributed by atoms with E-state index in [-0.39, 0.29) is 5.56 Å². The van der Waals surface area contributed by atoms with Crippen molar-refractivity contribution in [2.24, 2.45) is 0 Å². The minimum atomic E-state index is -0.104. The van der Waals surface area contributed by atoms with Crippen molar-refractivity contribution in [1.29, 1.82) is 0 Å². The van der Waals surface area contributed by atoms with Gasteiger partial charge in [0.05, 0.1) is 22.1 Å².